The summed E-state index contributed by atoms with van der Waals surface area (Å²) in [4.78, 5) is 2.09. The number of hydrogen-bond donors (Lipinski definition) is 1. The SMILES string of the molecule is CC(C)n1cnnc1CN(CCO)Cc1ccco1. The third-order valence-corrected chi connectivity index (χ3v) is 2.94. The summed E-state index contributed by atoms with van der Waals surface area (Å²) >= 11 is 0. The van der Waals surface area contributed by atoms with Gasteiger partial charge >= 0.3 is 0 Å². The van der Waals surface area contributed by atoms with E-state index < -0.39 is 0 Å². The van der Waals surface area contributed by atoms with E-state index in [-0.39, 0.29) is 6.61 Å². The van der Waals surface area contributed by atoms with Crippen molar-refractivity contribution in [3.63, 3.8) is 0 Å². The summed E-state index contributed by atoms with van der Waals surface area (Å²) in [6.45, 7) is 6.16. The van der Waals surface area contributed by atoms with Crippen LogP contribution >= 0.6 is 0 Å². The first-order chi connectivity index (χ1) is 9.20. The average Bonchev–Trinajstić information content (AvgIpc) is 3.00. The van der Waals surface area contributed by atoms with Gasteiger partial charge in [0, 0.05) is 12.6 Å². The molecule has 2 heterocycles. The van der Waals surface area contributed by atoms with Crippen LogP contribution in [0, 0.1) is 0 Å². The topological polar surface area (TPSA) is 67.3 Å². The summed E-state index contributed by atoms with van der Waals surface area (Å²) in [7, 11) is 0. The van der Waals surface area contributed by atoms with Gasteiger partial charge in [-0.15, -0.1) is 10.2 Å². The maximum absolute atomic E-state index is 9.16. The Balaban J connectivity index is 2.05. The lowest BCUT2D eigenvalue weighted by molar-refractivity contribution is 0.169. The Morgan fingerprint density at radius 3 is 2.89 bits per heavy atom. The largest absolute Gasteiger partial charge is 0.468 e. The number of hydrogen-bond acceptors (Lipinski definition) is 5. The molecule has 6 nitrogen and oxygen atoms in total. The van der Waals surface area contributed by atoms with Gasteiger partial charge in [0.15, 0.2) is 0 Å². The van der Waals surface area contributed by atoms with Gasteiger partial charge in [-0.05, 0) is 26.0 Å². The summed E-state index contributed by atoms with van der Waals surface area (Å²) in [5.41, 5.74) is 0. The zero-order valence-electron chi connectivity index (χ0n) is 11.4. The fourth-order valence-corrected chi connectivity index (χ4v) is 1.99. The second kappa shape index (κ2) is 6.49. The number of furan rings is 1. The minimum atomic E-state index is 0.108. The van der Waals surface area contributed by atoms with Crippen molar-refractivity contribution in [1.29, 1.82) is 0 Å². The Hall–Kier alpha value is -1.66. The minimum Gasteiger partial charge on any atom is -0.468 e. The van der Waals surface area contributed by atoms with E-state index in [1.807, 2.05) is 16.7 Å². The lowest BCUT2D eigenvalue weighted by Crippen LogP contribution is -2.27. The van der Waals surface area contributed by atoms with Crippen molar-refractivity contribution >= 4 is 0 Å². The van der Waals surface area contributed by atoms with Gasteiger partial charge in [-0.2, -0.15) is 0 Å². The van der Waals surface area contributed by atoms with Crippen LogP contribution < -0.4 is 0 Å². The molecule has 0 unspecified atom stereocenters. The molecule has 0 aliphatic rings. The molecular formula is C13H20N4O2. The van der Waals surface area contributed by atoms with Crippen molar-refractivity contribution in [2.45, 2.75) is 33.0 Å². The monoisotopic (exact) mass is 264 g/mol. The predicted molar refractivity (Wildman–Crippen MR) is 70.3 cm³/mol. The minimum absolute atomic E-state index is 0.108. The highest BCUT2D eigenvalue weighted by molar-refractivity contribution is 4.98. The average molecular weight is 264 g/mol. The Morgan fingerprint density at radius 1 is 1.42 bits per heavy atom. The van der Waals surface area contributed by atoms with Crippen LogP contribution in [-0.2, 0) is 13.1 Å². The molecule has 0 aromatic carbocycles. The quantitative estimate of drug-likeness (QED) is 0.819. The molecule has 0 amide bonds. The van der Waals surface area contributed by atoms with Gasteiger partial charge in [0.2, 0.25) is 0 Å². The normalized spacial score (nSPS) is 11.6. The second-order valence-corrected chi connectivity index (χ2v) is 4.76. The van der Waals surface area contributed by atoms with Gasteiger partial charge in [0.25, 0.3) is 0 Å². The maximum atomic E-state index is 9.16. The standard InChI is InChI=1S/C13H20N4O2/c1-11(2)17-10-14-15-13(17)9-16(5-6-18)8-12-4-3-7-19-12/h3-4,7,10-11,18H,5-6,8-9H2,1-2H3. The molecule has 0 spiro atoms. The van der Waals surface area contributed by atoms with E-state index >= 15 is 0 Å². The van der Waals surface area contributed by atoms with Crippen molar-refractivity contribution in [2.24, 2.45) is 0 Å². The molecule has 6 heteroatoms. The Labute approximate surface area is 112 Å². The van der Waals surface area contributed by atoms with E-state index in [2.05, 4.69) is 28.9 Å². The van der Waals surface area contributed by atoms with Gasteiger partial charge in [0.05, 0.1) is 26.0 Å². The summed E-state index contributed by atoms with van der Waals surface area (Å²) in [5, 5.41) is 17.3. The fraction of sp³-hybridized carbons (Fsp3) is 0.538. The van der Waals surface area contributed by atoms with E-state index in [4.69, 9.17) is 9.52 Å². The highest BCUT2D eigenvalue weighted by atomic mass is 16.3. The molecular weight excluding hydrogens is 244 g/mol. The highest BCUT2D eigenvalue weighted by Gasteiger charge is 2.13. The molecule has 2 aromatic rings. The second-order valence-electron chi connectivity index (χ2n) is 4.76. The Morgan fingerprint density at radius 2 is 2.26 bits per heavy atom. The van der Waals surface area contributed by atoms with Crippen LogP contribution in [0.25, 0.3) is 0 Å². The van der Waals surface area contributed by atoms with Gasteiger partial charge in [0.1, 0.15) is 17.9 Å². The van der Waals surface area contributed by atoms with E-state index in [0.29, 0.717) is 25.7 Å². The van der Waals surface area contributed by atoms with Crippen LogP contribution in [-0.4, -0.2) is 37.9 Å². The number of aliphatic hydroxyl groups is 1. The van der Waals surface area contributed by atoms with Crippen molar-refractivity contribution in [3.8, 4) is 0 Å². The highest BCUT2D eigenvalue weighted by Crippen LogP contribution is 2.12. The molecule has 0 saturated heterocycles. The van der Waals surface area contributed by atoms with Gasteiger partial charge in [-0.1, -0.05) is 0 Å². The smallest absolute Gasteiger partial charge is 0.147 e. The van der Waals surface area contributed by atoms with Crippen molar-refractivity contribution < 1.29 is 9.52 Å². The van der Waals surface area contributed by atoms with E-state index in [9.17, 15) is 0 Å². The van der Waals surface area contributed by atoms with Crippen LogP contribution in [0.5, 0.6) is 0 Å². The van der Waals surface area contributed by atoms with Gasteiger partial charge in [-0.25, -0.2) is 0 Å². The van der Waals surface area contributed by atoms with Crippen molar-refractivity contribution in [1.82, 2.24) is 19.7 Å². The maximum Gasteiger partial charge on any atom is 0.147 e. The predicted octanol–water partition coefficient (Wildman–Crippen LogP) is 1.45. The zero-order chi connectivity index (χ0) is 13.7. The van der Waals surface area contributed by atoms with Gasteiger partial charge in [-0.3, -0.25) is 4.90 Å². The lowest BCUT2D eigenvalue weighted by atomic mass is 10.3. The molecule has 2 aromatic heterocycles. The first-order valence-electron chi connectivity index (χ1n) is 6.44. The molecule has 0 radical (unpaired) electrons. The molecule has 0 aliphatic heterocycles. The van der Waals surface area contributed by atoms with E-state index in [1.54, 1.807) is 12.6 Å². The summed E-state index contributed by atoms with van der Waals surface area (Å²) in [6, 6.07) is 4.12. The van der Waals surface area contributed by atoms with Crippen LogP contribution in [0.3, 0.4) is 0 Å². The first kappa shape index (κ1) is 13.8. The number of aromatic nitrogens is 3. The van der Waals surface area contributed by atoms with E-state index in [1.165, 1.54) is 0 Å². The molecule has 2 rings (SSSR count). The molecule has 0 aliphatic carbocycles. The third-order valence-electron chi connectivity index (χ3n) is 2.94. The fourth-order valence-electron chi connectivity index (χ4n) is 1.99. The molecule has 0 fully saturated rings. The zero-order valence-corrected chi connectivity index (χ0v) is 11.4. The van der Waals surface area contributed by atoms with Crippen LogP contribution in [0.2, 0.25) is 0 Å². The van der Waals surface area contributed by atoms with Crippen LogP contribution in [0.15, 0.2) is 29.1 Å². The number of aliphatic hydroxyl groups excluding tert-OH is 1. The summed E-state index contributed by atoms with van der Waals surface area (Å²) in [5.74, 6) is 1.78. The van der Waals surface area contributed by atoms with Crippen LogP contribution in [0.4, 0.5) is 0 Å². The van der Waals surface area contributed by atoms with E-state index in [0.717, 1.165) is 11.6 Å². The summed E-state index contributed by atoms with van der Waals surface area (Å²) < 4.78 is 7.38. The molecule has 0 atom stereocenters. The van der Waals surface area contributed by atoms with Crippen LogP contribution in [0.1, 0.15) is 31.5 Å². The Bertz CT molecular complexity index is 479. The molecule has 19 heavy (non-hydrogen) atoms. The molecule has 0 bridgehead atoms. The third kappa shape index (κ3) is 3.65. The molecule has 104 valence electrons. The lowest BCUT2D eigenvalue weighted by Gasteiger charge is -2.20. The molecule has 0 saturated carbocycles. The first-order valence-corrected chi connectivity index (χ1v) is 6.44. The number of rotatable bonds is 7. The van der Waals surface area contributed by atoms with Gasteiger partial charge < -0.3 is 14.1 Å². The van der Waals surface area contributed by atoms with Crippen molar-refractivity contribution in [2.75, 3.05) is 13.2 Å². The van der Waals surface area contributed by atoms with Crippen molar-refractivity contribution in [3.05, 3.63) is 36.3 Å². The number of nitrogens with zero attached hydrogens (tertiary/aromatic N) is 4. The molecule has 1 N–H and O–H groups in total. The Kier molecular flexibility index (Phi) is 4.70. The summed E-state index contributed by atoms with van der Waals surface area (Å²) in [6.07, 6.45) is 3.40.